The van der Waals surface area contributed by atoms with Crippen LogP contribution in [-0.2, 0) is 0 Å². The third kappa shape index (κ3) is 3.41. The van der Waals surface area contributed by atoms with Gasteiger partial charge in [-0.1, -0.05) is 61.7 Å². The molecule has 5 rings (SSSR count). The van der Waals surface area contributed by atoms with E-state index in [4.69, 9.17) is 4.74 Å². The van der Waals surface area contributed by atoms with E-state index in [1.165, 1.54) is 32.1 Å². The molecule has 1 saturated carbocycles. The van der Waals surface area contributed by atoms with Crippen LogP contribution in [0.25, 0.3) is 27.8 Å². The molecule has 0 atom stereocenters. The maximum absolute atomic E-state index is 5.64. The Morgan fingerprint density at radius 1 is 0.933 bits per heavy atom. The minimum absolute atomic E-state index is 0.468. The van der Waals surface area contributed by atoms with Gasteiger partial charge in [0, 0.05) is 17.8 Å². The van der Waals surface area contributed by atoms with Crippen LogP contribution >= 0.6 is 0 Å². The maximum Gasteiger partial charge on any atom is 0.150 e. The second-order valence-corrected chi connectivity index (χ2v) is 7.85. The molecule has 2 aromatic heterocycles. The van der Waals surface area contributed by atoms with E-state index in [1.54, 1.807) is 13.4 Å². The first-order valence-corrected chi connectivity index (χ1v) is 10.7. The van der Waals surface area contributed by atoms with Gasteiger partial charge >= 0.3 is 0 Å². The molecular formula is C25H26N4O. The van der Waals surface area contributed by atoms with Gasteiger partial charge in [0.15, 0.2) is 5.65 Å². The molecule has 2 heterocycles. The summed E-state index contributed by atoms with van der Waals surface area (Å²) in [7, 11) is 1.70. The van der Waals surface area contributed by atoms with E-state index in [0.29, 0.717) is 6.04 Å². The van der Waals surface area contributed by atoms with Gasteiger partial charge in [-0.2, -0.15) is 0 Å². The van der Waals surface area contributed by atoms with Crippen LogP contribution in [-0.4, -0.2) is 27.7 Å². The number of hydrogen-bond donors (Lipinski definition) is 1. The van der Waals surface area contributed by atoms with Crippen LogP contribution in [0.3, 0.4) is 0 Å². The standard InChI is InChI=1S/C25H26N4O/c1-30-22-15-9-8-14-21(22)29-16-20(18-10-4-2-5-11-18)23-24(26-17-27-25(23)29)28-19-12-6-3-7-13-19/h2,4-5,8-11,14-17,19H,3,6-7,12-13H2,1H3,(H,26,27,28). The predicted molar refractivity (Wildman–Crippen MR) is 121 cm³/mol. The van der Waals surface area contributed by atoms with Crippen LogP contribution in [0.15, 0.2) is 67.1 Å². The number of rotatable bonds is 5. The van der Waals surface area contributed by atoms with Gasteiger partial charge in [0.1, 0.15) is 17.9 Å². The van der Waals surface area contributed by atoms with E-state index < -0.39 is 0 Å². The number of nitrogens with zero attached hydrogens (tertiary/aromatic N) is 3. The highest BCUT2D eigenvalue weighted by Crippen LogP contribution is 2.37. The largest absolute Gasteiger partial charge is 0.495 e. The molecule has 0 spiro atoms. The van der Waals surface area contributed by atoms with Crippen molar-refractivity contribution >= 4 is 16.9 Å². The van der Waals surface area contributed by atoms with Crippen molar-refractivity contribution in [1.82, 2.24) is 14.5 Å². The van der Waals surface area contributed by atoms with Gasteiger partial charge in [-0.25, -0.2) is 9.97 Å². The monoisotopic (exact) mass is 398 g/mol. The molecule has 5 nitrogen and oxygen atoms in total. The summed E-state index contributed by atoms with van der Waals surface area (Å²) >= 11 is 0. The van der Waals surface area contributed by atoms with Crippen molar-refractivity contribution in [3.8, 4) is 22.6 Å². The van der Waals surface area contributed by atoms with Gasteiger partial charge in [0.25, 0.3) is 0 Å². The first kappa shape index (κ1) is 18.7. The quantitative estimate of drug-likeness (QED) is 0.459. The van der Waals surface area contributed by atoms with E-state index in [2.05, 4.69) is 56.4 Å². The zero-order chi connectivity index (χ0) is 20.3. The topological polar surface area (TPSA) is 52.0 Å². The molecule has 0 saturated heterocycles. The number of aromatic nitrogens is 3. The van der Waals surface area contributed by atoms with E-state index in [9.17, 15) is 0 Å². The van der Waals surface area contributed by atoms with E-state index in [1.807, 2.05) is 24.3 Å². The molecule has 30 heavy (non-hydrogen) atoms. The second-order valence-electron chi connectivity index (χ2n) is 7.85. The van der Waals surface area contributed by atoms with Gasteiger partial charge in [-0.15, -0.1) is 0 Å². The number of para-hydroxylation sites is 2. The van der Waals surface area contributed by atoms with Crippen molar-refractivity contribution in [2.75, 3.05) is 12.4 Å². The SMILES string of the molecule is COc1ccccc1-n1cc(-c2ccccc2)c2c(NC3CCCCC3)ncnc21. The maximum atomic E-state index is 5.64. The fourth-order valence-corrected chi connectivity index (χ4v) is 4.46. The van der Waals surface area contributed by atoms with Gasteiger partial charge in [-0.3, -0.25) is 4.57 Å². The fourth-order valence-electron chi connectivity index (χ4n) is 4.46. The lowest BCUT2D eigenvalue weighted by molar-refractivity contribution is 0.413. The Morgan fingerprint density at radius 2 is 1.70 bits per heavy atom. The number of ether oxygens (including phenoxy) is 1. The number of nitrogens with one attached hydrogen (secondary N) is 1. The molecule has 0 unspecified atom stereocenters. The lowest BCUT2D eigenvalue weighted by atomic mass is 9.95. The zero-order valence-corrected chi connectivity index (χ0v) is 17.2. The van der Waals surface area contributed by atoms with E-state index >= 15 is 0 Å². The molecule has 4 aromatic rings. The van der Waals surface area contributed by atoms with Crippen LogP contribution in [0.5, 0.6) is 5.75 Å². The van der Waals surface area contributed by atoms with Crippen molar-refractivity contribution in [2.24, 2.45) is 0 Å². The molecular weight excluding hydrogens is 372 g/mol. The molecule has 2 aromatic carbocycles. The third-order valence-electron chi connectivity index (χ3n) is 5.96. The highest BCUT2D eigenvalue weighted by Gasteiger charge is 2.21. The Labute approximate surface area is 176 Å². The number of anilines is 1. The Morgan fingerprint density at radius 3 is 2.50 bits per heavy atom. The summed E-state index contributed by atoms with van der Waals surface area (Å²) in [5, 5.41) is 4.79. The van der Waals surface area contributed by atoms with Crippen LogP contribution in [0.1, 0.15) is 32.1 Å². The highest BCUT2D eigenvalue weighted by atomic mass is 16.5. The summed E-state index contributed by atoms with van der Waals surface area (Å²) in [6, 6.07) is 19.0. The number of hydrogen-bond acceptors (Lipinski definition) is 4. The Balaban J connectivity index is 1.72. The Bertz CT molecular complexity index is 1150. The predicted octanol–water partition coefficient (Wildman–Crippen LogP) is 5.84. The van der Waals surface area contributed by atoms with E-state index in [-0.39, 0.29) is 0 Å². The average molecular weight is 399 g/mol. The lowest BCUT2D eigenvalue weighted by Gasteiger charge is -2.23. The van der Waals surface area contributed by atoms with Crippen LogP contribution in [0.2, 0.25) is 0 Å². The molecule has 0 aliphatic heterocycles. The van der Waals surface area contributed by atoms with Gasteiger partial charge in [0.05, 0.1) is 18.2 Å². The summed E-state index contributed by atoms with van der Waals surface area (Å²) in [6.45, 7) is 0. The molecule has 1 aliphatic rings. The first-order chi connectivity index (χ1) is 14.8. The van der Waals surface area contributed by atoms with Crippen LogP contribution < -0.4 is 10.1 Å². The number of benzene rings is 2. The molecule has 1 fully saturated rings. The first-order valence-electron chi connectivity index (χ1n) is 10.7. The zero-order valence-electron chi connectivity index (χ0n) is 17.2. The lowest BCUT2D eigenvalue weighted by Crippen LogP contribution is -2.23. The normalized spacial score (nSPS) is 14.7. The van der Waals surface area contributed by atoms with Crippen molar-refractivity contribution in [2.45, 2.75) is 38.1 Å². The van der Waals surface area contributed by atoms with Gasteiger partial charge in [-0.05, 0) is 30.5 Å². The molecule has 152 valence electrons. The van der Waals surface area contributed by atoms with Crippen LogP contribution in [0.4, 0.5) is 5.82 Å². The Hall–Kier alpha value is -3.34. The highest BCUT2D eigenvalue weighted by molar-refractivity contribution is 6.02. The van der Waals surface area contributed by atoms with Crippen molar-refractivity contribution in [3.63, 3.8) is 0 Å². The summed E-state index contributed by atoms with van der Waals surface area (Å²) in [5.41, 5.74) is 4.12. The van der Waals surface area contributed by atoms with Crippen molar-refractivity contribution < 1.29 is 4.74 Å². The van der Waals surface area contributed by atoms with Crippen molar-refractivity contribution in [3.05, 3.63) is 67.1 Å². The fraction of sp³-hybridized carbons (Fsp3) is 0.280. The third-order valence-corrected chi connectivity index (χ3v) is 5.96. The minimum Gasteiger partial charge on any atom is -0.495 e. The van der Waals surface area contributed by atoms with Gasteiger partial charge < -0.3 is 10.1 Å². The summed E-state index contributed by atoms with van der Waals surface area (Å²) in [5.74, 6) is 1.73. The molecule has 1 N–H and O–H groups in total. The number of fused-ring (bicyclic) bond motifs is 1. The summed E-state index contributed by atoms with van der Waals surface area (Å²) in [6.07, 6.45) is 10.1. The molecule has 0 bridgehead atoms. The molecule has 1 aliphatic carbocycles. The van der Waals surface area contributed by atoms with Crippen LogP contribution in [0, 0.1) is 0 Å². The van der Waals surface area contributed by atoms with Gasteiger partial charge in [0.2, 0.25) is 0 Å². The average Bonchev–Trinajstić information content (AvgIpc) is 3.21. The number of methoxy groups -OCH3 is 1. The smallest absolute Gasteiger partial charge is 0.150 e. The molecule has 0 amide bonds. The Kier molecular flexibility index (Phi) is 5.10. The second kappa shape index (κ2) is 8.19. The van der Waals surface area contributed by atoms with Crippen molar-refractivity contribution in [1.29, 1.82) is 0 Å². The summed E-state index contributed by atoms with van der Waals surface area (Å²) in [4.78, 5) is 9.36. The molecule has 0 radical (unpaired) electrons. The summed E-state index contributed by atoms with van der Waals surface area (Å²) < 4.78 is 7.75. The molecule has 5 heteroatoms. The minimum atomic E-state index is 0.468. The van der Waals surface area contributed by atoms with E-state index in [0.717, 1.165) is 39.4 Å².